The molecule has 0 aromatic heterocycles. The van der Waals surface area contributed by atoms with Crippen molar-refractivity contribution in [3.63, 3.8) is 0 Å². The number of carbonyl (C=O) groups is 3. The molecule has 0 spiro atoms. The number of hydrogen-bond donors (Lipinski definition) is 0. The summed E-state index contributed by atoms with van der Waals surface area (Å²) in [5, 5.41) is 0. The number of ether oxygens (including phenoxy) is 3. The molecule has 1 unspecified atom stereocenters. The van der Waals surface area contributed by atoms with Crippen LogP contribution in [0.3, 0.4) is 0 Å². The lowest BCUT2D eigenvalue weighted by Gasteiger charge is -2.18. The topological polar surface area (TPSA) is 78.9 Å². The van der Waals surface area contributed by atoms with E-state index >= 15 is 0 Å². The van der Waals surface area contributed by atoms with Gasteiger partial charge in [-0.1, -0.05) is 273 Å². The Morgan fingerprint density at radius 1 is 0.301 bits per heavy atom. The number of esters is 3. The molecule has 0 aromatic carbocycles. The second-order valence-electron chi connectivity index (χ2n) is 20.6. The smallest absolute Gasteiger partial charge is 0.310 e. The molecule has 420 valence electrons. The zero-order valence-electron chi connectivity index (χ0n) is 48.1. The van der Waals surface area contributed by atoms with E-state index < -0.39 is 12.1 Å². The van der Waals surface area contributed by atoms with Gasteiger partial charge in [-0.15, -0.1) is 0 Å². The average Bonchev–Trinajstić information content (AvgIpc) is 3.39. The van der Waals surface area contributed by atoms with Gasteiger partial charge in [0.05, 0.1) is 6.42 Å². The van der Waals surface area contributed by atoms with Gasteiger partial charge in [0.15, 0.2) is 6.10 Å². The van der Waals surface area contributed by atoms with Crippen molar-refractivity contribution in [3.05, 3.63) is 85.1 Å². The quantitative estimate of drug-likeness (QED) is 0.0261. The van der Waals surface area contributed by atoms with Gasteiger partial charge in [-0.25, -0.2) is 0 Å². The summed E-state index contributed by atoms with van der Waals surface area (Å²) >= 11 is 0. The zero-order chi connectivity index (χ0) is 52.9. The molecule has 73 heavy (non-hydrogen) atoms. The molecule has 0 saturated carbocycles. The molecule has 0 fully saturated rings. The number of carbonyl (C=O) groups excluding carboxylic acids is 3. The summed E-state index contributed by atoms with van der Waals surface area (Å²) in [5.74, 6) is -1.05. The Morgan fingerprint density at radius 2 is 0.575 bits per heavy atom. The van der Waals surface area contributed by atoms with Crippen molar-refractivity contribution in [2.24, 2.45) is 0 Å². The summed E-state index contributed by atoms with van der Waals surface area (Å²) in [6.45, 7) is 6.46. The molecule has 0 radical (unpaired) electrons. The van der Waals surface area contributed by atoms with Gasteiger partial charge in [0.1, 0.15) is 13.2 Å². The van der Waals surface area contributed by atoms with Crippen LogP contribution in [0, 0.1) is 0 Å². The predicted molar refractivity (Wildman–Crippen MR) is 316 cm³/mol. The molecule has 1 atom stereocenters. The first-order chi connectivity index (χ1) is 36.0. The third-order valence-corrected chi connectivity index (χ3v) is 13.4. The van der Waals surface area contributed by atoms with Crippen LogP contribution < -0.4 is 0 Å². The summed E-state index contributed by atoms with van der Waals surface area (Å²) < 4.78 is 16.8. The maximum absolute atomic E-state index is 12.8. The van der Waals surface area contributed by atoms with Crippen LogP contribution in [0.4, 0.5) is 0 Å². The van der Waals surface area contributed by atoms with Crippen molar-refractivity contribution in [2.45, 2.75) is 309 Å². The summed E-state index contributed by atoms with van der Waals surface area (Å²) in [6.07, 6.45) is 80.5. The second-order valence-corrected chi connectivity index (χ2v) is 20.6. The molecule has 0 bridgehead atoms. The Labute approximate surface area is 452 Å². The maximum Gasteiger partial charge on any atom is 0.310 e. The molecular weight excluding hydrogens is 901 g/mol. The van der Waals surface area contributed by atoms with Crippen LogP contribution in [0.5, 0.6) is 0 Å². The molecule has 0 N–H and O–H groups in total. The summed E-state index contributed by atoms with van der Waals surface area (Å²) in [7, 11) is 0. The summed E-state index contributed by atoms with van der Waals surface area (Å²) in [5.41, 5.74) is 0. The van der Waals surface area contributed by atoms with Crippen LogP contribution in [-0.2, 0) is 28.6 Å². The lowest BCUT2D eigenvalue weighted by molar-refractivity contribution is -0.166. The van der Waals surface area contributed by atoms with Crippen molar-refractivity contribution >= 4 is 17.9 Å². The normalized spacial score (nSPS) is 12.6. The molecule has 6 heteroatoms. The Balaban J connectivity index is 4.36. The Morgan fingerprint density at radius 3 is 0.890 bits per heavy atom. The van der Waals surface area contributed by atoms with E-state index in [1.165, 1.54) is 180 Å². The molecular formula is C67H116O6. The third kappa shape index (κ3) is 59.3. The fraction of sp³-hybridized carbons (Fsp3) is 0.746. The van der Waals surface area contributed by atoms with Gasteiger partial charge in [0, 0.05) is 12.8 Å². The predicted octanol–water partition coefficient (Wildman–Crippen LogP) is 21.1. The van der Waals surface area contributed by atoms with E-state index in [0.717, 1.165) is 83.5 Å². The first kappa shape index (κ1) is 69.6. The van der Waals surface area contributed by atoms with E-state index in [1.54, 1.807) is 6.08 Å². The fourth-order valence-corrected chi connectivity index (χ4v) is 8.74. The highest BCUT2D eigenvalue weighted by Gasteiger charge is 2.19. The van der Waals surface area contributed by atoms with Gasteiger partial charge in [-0.05, 0) is 96.3 Å². The second kappa shape index (κ2) is 61.1. The van der Waals surface area contributed by atoms with Crippen LogP contribution in [0.25, 0.3) is 0 Å². The molecule has 0 aromatic rings. The molecule has 0 aliphatic rings. The molecule has 0 aliphatic heterocycles. The van der Waals surface area contributed by atoms with E-state index in [1.807, 2.05) is 6.08 Å². The zero-order valence-corrected chi connectivity index (χ0v) is 48.1. The van der Waals surface area contributed by atoms with Crippen LogP contribution in [0.1, 0.15) is 303 Å². The summed E-state index contributed by atoms with van der Waals surface area (Å²) in [4.78, 5) is 38.2. The van der Waals surface area contributed by atoms with E-state index in [9.17, 15) is 14.4 Å². The van der Waals surface area contributed by atoms with Crippen LogP contribution in [-0.4, -0.2) is 37.2 Å². The highest BCUT2D eigenvalue weighted by Crippen LogP contribution is 2.16. The molecule has 6 nitrogen and oxygen atoms in total. The Bertz CT molecular complexity index is 1400. The van der Waals surface area contributed by atoms with Gasteiger partial charge < -0.3 is 14.2 Å². The lowest BCUT2D eigenvalue weighted by atomic mass is 10.0. The van der Waals surface area contributed by atoms with Crippen LogP contribution >= 0.6 is 0 Å². The minimum Gasteiger partial charge on any atom is -0.462 e. The van der Waals surface area contributed by atoms with Gasteiger partial charge in [-0.3, -0.25) is 14.4 Å². The molecule has 0 rings (SSSR count). The van der Waals surface area contributed by atoms with Crippen LogP contribution in [0.2, 0.25) is 0 Å². The molecule has 0 amide bonds. The Hall–Kier alpha value is -3.41. The molecule has 0 aliphatic carbocycles. The lowest BCUT2D eigenvalue weighted by Crippen LogP contribution is -2.30. The van der Waals surface area contributed by atoms with E-state index in [0.29, 0.717) is 12.8 Å². The van der Waals surface area contributed by atoms with Crippen LogP contribution in [0.15, 0.2) is 85.1 Å². The number of allylic oxidation sites excluding steroid dienone is 13. The maximum atomic E-state index is 12.8. The highest BCUT2D eigenvalue weighted by atomic mass is 16.6. The largest absolute Gasteiger partial charge is 0.462 e. The molecule has 0 saturated heterocycles. The first-order valence-corrected chi connectivity index (χ1v) is 31.1. The van der Waals surface area contributed by atoms with E-state index in [4.69, 9.17) is 14.2 Å². The van der Waals surface area contributed by atoms with Gasteiger partial charge >= 0.3 is 17.9 Å². The highest BCUT2D eigenvalue weighted by molar-refractivity contribution is 5.72. The Kier molecular flexibility index (Phi) is 58.3. The standard InChI is InChI=1S/C67H116O6/c1-4-7-10-13-16-19-22-25-28-29-30-31-32-33-34-35-36-37-40-42-45-48-51-54-57-60-66(69)72-63-64(73-67(70)61-58-55-52-49-46-43-39-27-24-21-18-15-12-9-6-3)62-71-65(68)59-56-53-50-47-44-41-38-26-23-20-17-14-11-8-5-2/h9,12,18,21,26-27,29-30,38-39,46,49,55,58,64H,4-8,10-11,13-17,19-20,22-25,28,31-37,40-45,47-48,50-54,56-57,59-63H2,1-3H3/b12-9-,21-18-,30-29-,38-26-,39-27-,49-46-,58-55-. The van der Waals surface area contributed by atoms with Gasteiger partial charge in [0.2, 0.25) is 0 Å². The third-order valence-electron chi connectivity index (χ3n) is 13.4. The SMILES string of the molecule is CC/C=C\C/C=C\C/C=C\C/C=C\C/C=C\CC(=O)OC(COC(=O)CCCCCCC/C=C\CCCCCCCC)COC(=O)CCCCCCCCCCCCCCC/C=C\CCCCCCCCCC. The van der Waals surface area contributed by atoms with Crippen molar-refractivity contribution in [1.29, 1.82) is 0 Å². The van der Waals surface area contributed by atoms with E-state index in [2.05, 4.69) is 93.7 Å². The first-order valence-electron chi connectivity index (χ1n) is 31.1. The van der Waals surface area contributed by atoms with Crippen molar-refractivity contribution in [1.82, 2.24) is 0 Å². The monoisotopic (exact) mass is 1020 g/mol. The average molecular weight is 1020 g/mol. The van der Waals surface area contributed by atoms with Crippen molar-refractivity contribution in [2.75, 3.05) is 13.2 Å². The number of hydrogen-bond acceptors (Lipinski definition) is 6. The minimum absolute atomic E-state index is 0.0958. The number of rotatable bonds is 56. The van der Waals surface area contributed by atoms with Crippen molar-refractivity contribution in [3.8, 4) is 0 Å². The molecule has 0 heterocycles. The number of unbranched alkanes of at least 4 members (excludes halogenated alkanes) is 32. The summed E-state index contributed by atoms with van der Waals surface area (Å²) in [6, 6.07) is 0. The van der Waals surface area contributed by atoms with Gasteiger partial charge in [-0.2, -0.15) is 0 Å². The van der Waals surface area contributed by atoms with E-state index in [-0.39, 0.29) is 31.6 Å². The van der Waals surface area contributed by atoms with Gasteiger partial charge in [0.25, 0.3) is 0 Å². The fourth-order valence-electron chi connectivity index (χ4n) is 8.74. The minimum atomic E-state index is -0.835. The van der Waals surface area contributed by atoms with Crippen molar-refractivity contribution < 1.29 is 28.6 Å².